The summed E-state index contributed by atoms with van der Waals surface area (Å²) in [5, 5.41) is 6.96. The van der Waals surface area contributed by atoms with E-state index in [1.807, 2.05) is 43.3 Å². The lowest BCUT2D eigenvalue weighted by Crippen LogP contribution is -2.23. The average Bonchev–Trinajstić information content (AvgIpc) is 3.19. The quantitative estimate of drug-likeness (QED) is 0.690. The molecule has 6 nitrogen and oxygen atoms in total. The van der Waals surface area contributed by atoms with E-state index in [1.54, 1.807) is 42.2 Å². The summed E-state index contributed by atoms with van der Waals surface area (Å²) >= 11 is 0. The molecular weight excluding hydrogens is 330 g/mol. The first kappa shape index (κ1) is 17.5. The highest BCUT2D eigenvalue weighted by molar-refractivity contribution is 5.93. The van der Waals surface area contributed by atoms with Crippen LogP contribution in [0.2, 0.25) is 0 Å². The third-order valence-electron chi connectivity index (χ3n) is 3.79. The zero-order valence-electron chi connectivity index (χ0n) is 14.8. The van der Waals surface area contributed by atoms with Crippen molar-refractivity contribution in [3.05, 3.63) is 67.0 Å². The van der Waals surface area contributed by atoms with Crippen molar-refractivity contribution in [2.45, 2.75) is 19.9 Å². The van der Waals surface area contributed by atoms with Crippen LogP contribution in [0.5, 0.6) is 17.2 Å². The molecule has 1 N–H and O–H groups in total. The minimum absolute atomic E-state index is 0.131. The Labute approximate surface area is 152 Å². The summed E-state index contributed by atoms with van der Waals surface area (Å²) in [7, 11) is 0. The van der Waals surface area contributed by atoms with Gasteiger partial charge < -0.3 is 14.8 Å². The lowest BCUT2D eigenvalue weighted by atomic mass is 10.2. The third kappa shape index (κ3) is 4.42. The molecule has 2 aromatic carbocycles. The molecule has 1 heterocycles. The minimum Gasteiger partial charge on any atom is -0.494 e. The van der Waals surface area contributed by atoms with Crippen molar-refractivity contribution in [1.82, 2.24) is 9.78 Å². The summed E-state index contributed by atoms with van der Waals surface area (Å²) in [6, 6.07) is 16.1. The van der Waals surface area contributed by atoms with Crippen molar-refractivity contribution < 1.29 is 14.3 Å². The van der Waals surface area contributed by atoms with Crippen LogP contribution in [0.15, 0.2) is 67.0 Å². The second kappa shape index (κ2) is 8.20. The van der Waals surface area contributed by atoms with Crippen LogP contribution in [-0.2, 0) is 4.79 Å². The Morgan fingerprint density at radius 1 is 1.08 bits per heavy atom. The van der Waals surface area contributed by atoms with Gasteiger partial charge in [-0.25, -0.2) is 0 Å². The molecule has 3 aromatic rings. The lowest BCUT2D eigenvalue weighted by molar-refractivity contribution is -0.119. The number of hydrogen-bond donors (Lipinski definition) is 1. The fourth-order valence-corrected chi connectivity index (χ4v) is 2.39. The molecule has 3 rings (SSSR count). The first-order chi connectivity index (χ1) is 12.7. The molecule has 0 bridgehead atoms. The Balaban J connectivity index is 1.58. The number of hydrogen-bond acceptors (Lipinski definition) is 4. The predicted octanol–water partition coefficient (Wildman–Crippen LogP) is 4.27. The van der Waals surface area contributed by atoms with Gasteiger partial charge in [0.1, 0.15) is 23.3 Å². The van der Waals surface area contributed by atoms with Crippen LogP contribution in [0.3, 0.4) is 0 Å². The number of ether oxygens (including phenoxy) is 2. The number of aromatic nitrogens is 2. The van der Waals surface area contributed by atoms with Gasteiger partial charge in [-0.15, -0.1) is 0 Å². The minimum atomic E-state index is -0.384. The monoisotopic (exact) mass is 351 g/mol. The number of rotatable bonds is 7. The van der Waals surface area contributed by atoms with E-state index >= 15 is 0 Å². The highest BCUT2D eigenvalue weighted by Gasteiger charge is 2.14. The molecule has 1 atom stereocenters. The van der Waals surface area contributed by atoms with Crippen molar-refractivity contribution in [2.75, 3.05) is 11.9 Å². The molecule has 6 heteroatoms. The van der Waals surface area contributed by atoms with Crippen molar-refractivity contribution in [3.8, 4) is 17.2 Å². The summed E-state index contributed by atoms with van der Waals surface area (Å²) in [5.74, 6) is 2.09. The van der Waals surface area contributed by atoms with Gasteiger partial charge in [-0.05, 0) is 68.4 Å². The van der Waals surface area contributed by atoms with Gasteiger partial charge in [-0.1, -0.05) is 0 Å². The fraction of sp³-hybridized carbons (Fsp3) is 0.200. The van der Waals surface area contributed by atoms with E-state index in [4.69, 9.17) is 9.47 Å². The summed E-state index contributed by atoms with van der Waals surface area (Å²) in [6.07, 6.45) is 3.41. The average molecular weight is 351 g/mol. The van der Waals surface area contributed by atoms with E-state index in [0.29, 0.717) is 18.0 Å². The Bertz CT molecular complexity index is 828. The Morgan fingerprint density at radius 2 is 1.69 bits per heavy atom. The normalized spacial score (nSPS) is 11.6. The first-order valence-electron chi connectivity index (χ1n) is 8.46. The van der Waals surface area contributed by atoms with Gasteiger partial charge in [0.25, 0.3) is 0 Å². The molecule has 0 radical (unpaired) electrons. The van der Waals surface area contributed by atoms with Crippen LogP contribution < -0.4 is 14.8 Å². The lowest BCUT2D eigenvalue weighted by Gasteiger charge is -2.13. The SMILES string of the molecule is CCOc1ccc(Oc2ccc(NC(=O)[C@H](C)n3cccn3)cc2)cc1. The molecule has 0 aliphatic carbocycles. The van der Waals surface area contributed by atoms with Crippen molar-refractivity contribution >= 4 is 11.6 Å². The standard InChI is InChI=1S/C20H21N3O3/c1-3-25-17-9-11-19(12-10-17)26-18-7-5-16(6-8-18)22-20(24)15(2)23-14-4-13-21-23/h4-15H,3H2,1-2H3,(H,22,24)/t15-/m0/s1. The van der Waals surface area contributed by atoms with E-state index in [2.05, 4.69) is 10.4 Å². The number of carbonyl (C=O) groups excluding carboxylic acids is 1. The second-order valence-corrected chi connectivity index (χ2v) is 5.68. The molecular formula is C20H21N3O3. The topological polar surface area (TPSA) is 65.4 Å². The van der Waals surface area contributed by atoms with Gasteiger partial charge in [0.2, 0.25) is 5.91 Å². The molecule has 134 valence electrons. The van der Waals surface area contributed by atoms with Gasteiger partial charge in [-0.2, -0.15) is 5.10 Å². The Hall–Kier alpha value is -3.28. The number of amides is 1. The number of nitrogens with one attached hydrogen (secondary N) is 1. The summed E-state index contributed by atoms with van der Waals surface area (Å²) in [6.45, 7) is 4.37. The molecule has 1 aromatic heterocycles. The summed E-state index contributed by atoms with van der Waals surface area (Å²) < 4.78 is 12.8. The smallest absolute Gasteiger partial charge is 0.248 e. The molecule has 1 amide bonds. The molecule has 0 saturated heterocycles. The largest absolute Gasteiger partial charge is 0.494 e. The van der Waals surface area contributed by atoms with Gasteiger partial charge in [0.15, 0.2) is 0 Å². The number of nitrogens with zero attached hydrogens (tertiary/aromatic N) is 2. The highest BCUT2D eigenvalue weighted by Crippen LogP contribution is 2.25. The Morgan fingerprint density at radius 3 is 2.27 bits per heavy atom. The van der Waals surface area contributed by atoms with E-state index in [0.717, 1.165) is 11.5 Å². The Kier molecular flexibility index (Phi) is 5.53. The van der Waals surface area contributed by atoms with Crippen molar-refractivity contribution in [1.29, 1.82) is 0 Å². The van der Waals surface area contributed by atoms with Crippen LogP contribution in [-0.4, -0.2) is 22.3 Å². The van der Waals surface area contributed by atoms with Crippen LogP contribution in [0, 0.1) is 0 Å². The summed E-state index contributed by atoms with van der Waals surface area (Å²) in [5.41, 5.74) is 0.702. The maximum Gasteiger partial charge on any atom is 0.248 e. The zero-order chi connectivity index (χ0) is 18.4. The summed E-state index contributed by atoms with van der Waals surface area (Å²) in [4.78, 5) is 12.3. The van der Waals surface area contributed by atoms with E-state index in [-0.39, 0.29) is 11.9 Å². The van der Waals surface area contributed by atoms with Crippen LogP contribution >= 0.6 is 0 Å². The molecule has 0 fully saturated rings. The van der Waals surface area contributed by atoms with Gasteiger partial charge in [0.05, 0.1) is 6.61 Å². The molecule has 0 spiro atoms. The highest BCUT2D eigenvalue weighted by atomic mass is 16.5. The second-order valence-electron chi connectivity index (χ2n) is 5.68. The van der Waals surface area contributed by atoms with Crippen molar-refractivity contribution in [3.63, 3.8) is 0 Å². The third-order valence-corrected chi connectivity index (χ3v) is 3.79. The van der Waals surface area contributed by atoms with Crippen LogP contribution in [0.4, 0.5) is 5.69 Å². The molecule has 0 aliphatic heterocycles. The van der Waals surface area contributed by atoms with E-state index < -0.39 is 0 Å². The van der Waals surface area contributed by atoms with Gasteiger partial charge >= 0.3 is 0 Å². The molecule has 0 saturated carbocycles. The van der Waals surface area contributed by atoms with E-state index in [1.165, 1.54) is 0 Å². The zero-order valence-corrected chi connectivity index (χ0v) is 14.8. The number of benzene rings is 2. The number of carbonyl (C=O) groups is 1. The van der Waals surface area contributed by atoms with Gasteiger partial charge in [0, 0.05) is 18.1 Å². The van der Waals surface area contributed by atoms with Gasteiger partial charge in [-0.3, -0.25) is 9.48 Å². The maximum atomic E-state index is 12.3. The fourth-order valence-electron chi connectivity index (χ4n) is 2.39. The first-order valence-corrected chi connectivity index (χ1v) is 8.46. The molecule has 0 unspecified atom stereocenters. The molecule has 26 heavy (non-hydrogen) atoms. The van der Waals surface area contributed by atoms with Crippen LogP contribution in [0.1, 0.15) is 19.9 Å². The van der Waals surface area contributed by atoms with Crippen LogP contribution in [0.25, 0.3) is 0 Å². The number of anilines is 1. The van der Waals surface area contributed by atoms with E-state index in [9.17, 15) is 4.79 Å². The predicted molar refractivity (Wildman–Crippen MR) is 99.7 cm³/mol. The van der Waals surface area contributed by atoms with Crippen molar-refractivity contribution in [2.24, 2.45) is 0 Å². The molecule has 0 aliphatic rings. The maximum absolute atomic E-state index is 12.3.